The van der Waals surface area contributed by atoms with Crippen molar-refractivity contribution in [1.29, 1.82) is 0 Å². The first-order valence-corrected chi connectivity index (χ1v) is 11.8. The maximum absolute atomic E-state index is 13.3. The molecule has 2 fully saturated rings. The number of ether oxygens (including phenoxy) is 2. The van der Waals surface area contributed by atoms with E-state index in [2.05, 4.69) is 9.97 Å². The fraction of sp³-hybridized carbons (Fsp3) is 0.476. The third kappa shape index (κ3) is 4.15. The molecule has 1 aromatic heterocycles. The van der Waals surface area contributed by atoms with Crippen LogP contribution in [0.15, 0.2) is 41.6 Å². The Bertz CT molecular complexity index is 1010. The van der Waals surface area contributed by atoms with Crippen molar-refractivity contribution in [3.05, 3.63) is 36.7 Å². The van der Waals surface area contributed by atoms with Gasteiger partial charge < -0.3 is 9.47 Å². The second-order valence-electron chi connectivity index (χ2n) is 7.92. The first-order valence-electron chi connectivity index (χ1n) is 10.3. The minimum atomic E-state index is -4.06. The molecule has 1 aromatic carbocycles. The maximum atomic E-state index is 13.3. The minimum absolute atomic E-state index is 0.00448. The van der Waals surface area contributed by atoms with Crippen LogP contribution >= 0.6 is 0 Å². The molecule has 0 radical (unpaired) electrons. The molecule has 1 amide bonds. The summed E-state index contributed by atoms with van der Waals surface area (Å²) in [5.74, 6) is 0.123. The second kappa shape index (κ2) is 8.89. The molecule has 1 saturated carbocycles. The highest BCUT2D eigenvalue weighted by atomic mass is 32.2. The van der Waals surface area contributed by atoms with Crippen LogP contribution in [0.2, 0.25) is 0 Å². The zero-order valence-corrected chi connectivity index (χ0v) is 17.8. The van der Waals surface area contributed by atoms with Gasteiger partial charge >= 0.3 is 0 Å². The Balaban J connectivity index is 1.52. The fourth-order valence-electron chi connectivity index (χ4n) is 3.85. The minimum Gasteiger partial charge on any atom is -0.476 e. The van der Waals surface area contributed by atoms with E-state index in [9.17, 15) is 13.2 Å². The van der Waals surface area contributed by atoms with E-state index in [1.54, 1.807) is 24.5 Å². The SMILES string of the molecule is O=C(NO)C1(S(=O)(=O)c2ccc(-c3cnc(OCC4CCC4)cn3)cc2)CCOCC1. The van der Waals surface area contributed by atoms with E-state index in [4.69, 9.17) is 14.7 Å². The predicted octanol–water partition coefficient (Wildman–Crippen LogP) is 2.15. The Morgan fingerprint density at radius 3 is 2.42 bits per heavy atom. The quantitative estimate of drug-likeness (QED) is 0.488. The Kier molecular flexibility index (Phi) is 6.22. The first-order chi connectivity index (χ1) is 15.0. The molecule has 2 aliphatic rings. The summed E-state index contributed by atoms with van der Waals surface area (Å²) in [6.07, 6.45) is 6.71. The van der Waals surface area contributed by atoms with Gasteiger partial charge in [-0.3, -0.25) is 10.0 Å². The summed E-state index contributed by atoms with van der Waals surface area (Å²) in [7, 11) is -4.06. The summed E-state index contributed by atoms with van der Waals surface area (Å²) in [4.78, 5) is 21.0. The smallest absolute Gasteiger partial charge is 0.265 e. The van der Waals surface area contributed by atoms with Gasteiger partial charge in [0.2, 0.25) is 5.88 Å². The van der Waals surface area contributed by atoms with Gasteiger partial charge in [0.05, 0.1) is 29.6 Å². The molecule has 9 nitrogen and oxygen atoms in total. The van der Waals surface area contributed by atoms with Crippen LogP contribution in [-0.2, 0) is 19.4 Å². The van der Waals surface area contributed by atoms with Crippen molar-refractivity contribution < 1.29 is 27.9 Å². The third-order valence-electron chi connectivity index (χ3n) is 6.11. The number of hydroxylamine groups is 1. The van der Waals surface area contributed by atoms with Crippen LogP contribution in [0.4, 0.5) is 0 Å². The molecule has 0 spiro atoms. The van der Waals surface area contributed by atoms with Crippen LogP contribution in [0.25, 0.3) is 11.3 Å². The molecule has 2 aromatic rings. The van der Waals surface area contributed by atoms with Gasteiger partial charge in [0.1, 0.15) is 0 Å². The number of hydrogen-bond donors (Lipinski definition) is 2. The van der Waals surface area contributed by atoms with E-state index in [0.717, 1.165) is 0 Å². The third-order valence-corrected chi connectivity index (χ3v) is 8.63. The molecule has 2 heterocycles. The number of aromatic nitrogens is 2. The Morgan fingerprint density at radius 2 is 1.87 bits per heavy atom. The molecule has 31 heavy (non-hydrogen) atoms. The molecule has 10 heteroatoms. The van der Waals surface area contributed by atoms with Gasteiger partial charge in [-0.1, -0.05) is 18.6 Å². The van der Waals surface area contributed by atoms with Crippen molar-refractivity contribution in [2.75, 3.05) is 19.8 Å². The highest BCUT2D eigenvalue weighted by Gasteiger charge is 2.52. The molecule has 0 atom stereocenters. The van der Waals surface area contributed by atoms with E-state index in [1.807, 2.05) is 0 Å². The summed E-state index contributed by atoms with van der Waals surface area (Å²) in [5, 5.41) is 9.13. The van der Waals surface area contributed by atoms with Crippen molar-refractivity contribution in [3.63, 3.8) is 0 Å². The predicted molar refractivity (Wildman–Crippen MR) is 110 cm³/mol. The zero-order valence-electron chi connectivity index (χ0n) is 17.0. The van der Waals surface area contributed by atoms with Crippen LogP contribution in [0.5, 0.6) is 5.88 Å². The number of nitrogens with one attached hydrogen (secondary N) is 1. The van der Waals surface area contributed by atoms with Crippen molar-refractivity contribution >= 4 is 15.7 Å². The molecule has 4 rings (SSSR count). The molecule has 0 bridgehead atoms. The molecule has 1 saturated heterocycles. The van der Waals surface area contributed by atoms with Gasteiger partial charge in [-0.15, -0.1) is 0 Å². The van der Waals surface area contributed by atoms with Crippen LogP contribution < -0.4 is 10.2 Å². The summed E-state index contributed by atoms with van der Waals surface area (Å²) in [6.45, 7) is 0.889. The normalized spacial score (nSPS) is 18.7. The van der Waals surface area contributed by atoms with Crippen LogP contribution in [0.1, 0.15) is 32.1 Å². The topological polar surface area (TPSA) is 128 Å². The van der Waals surface area contributed by atoms with E-state index >= 15 is 0 Å². The Labute approximate surface area is 180 Å². The Hall–Kier alpha value is -2.56. The van der Waals surface area contributed by atoms with Crippen molar-refractivity contribution in [1.82, 2.24) is 15.4 Å². The molecule has 0 unspecified atom stereocenters. The lowest BCUT2D eigenvalue weighted by molar-refractivity contribution is -0.134. The van der Waals surface area contributed by atoms with Crippen molar-refractivity contribution in [2.24, 2.45) is 5.92 Å². The fourth-order valence-corrected chi connectivity index (χ4v) is 5.79. The van der Waals surface area contributed by atoms with Crippen LogP contribution in [-0.4, -0.2) is 54.1 Å². The van der Waals surface area contributed by atoms with Crippen LogP contribution in [0.3, 0.4) is 0 Å². The second-order valence-corrected chi connectivity index (χ2v) is 10.2. The van der Waals surface area contributed by atoms with Gasteiger partial charge in [-0.25, -0.2) is 23.9 Å². The number of carbonyl (C=O) groups excluding carboxylic acids is 1. The highest BCUT2D eigenvalue weighted by molar-refractivity contribution is 7.93. The van der Waals surface area contributed by atoms with Crippen LogP contribution in [0, 0.1) is 5.92 Å². The van der Waals surface area contributed by atoms with Gasteiger partial charge in [0.15, 0.2) is 14.6 Å². The van der Waals surface area contributed by atoms with Gasteiger partial charge in [0.25, 0.3) is 5.91 Å². The summed E-state index contributed by atoms with van der Waals surface area (Å²) >= 11 is 0. The lowest BCUT2D eigenvalue weighted by atomic mass is 9.86. The first kappa shape index (κ1) is 21.7. The number of nitrogens with zero attached hydrogens (tertiary/aromatic N) is 2. The van der Waals surface area contributed by atoms with Gasteiger partial charge in [-0.05, 0) is 43.7 Å². The summed E-state index contributed by atoms with van der Waals surface area (Å²) < 4.78 is 35.7. The number of rotatable bonds is 7. The average Bonchev–Trinajstić information content (AvgIpc) is 2.78. The summed E-state index contributed by atoms with van der Waals surface area (Å²) in [6, 6.07) is 6.12. The number of sulfone groups is 1. The van der Waals surface area contributed by atoms with E-state index in [1.165, 1.54) is 36.9 Å². The molecule has 1 aliphatic heterocycles. The van der Waals surface area contributed by atoms with Crippen molar-refractivity contribution in [3.8, 4) is 17.1 Å². The molecule has 2 N–H and O–H groups in total. The van der Waals surface area contributed by atoms with Gasteiger partial charge in [-0.2, -0.15) is 0 Å². The average molecular weight is 448 g/mol. The number of carbonyl (C=O) groups is 1. The lowest BCUT2D eigenvalue weighted by Crippen LogP contribution is -2.54. The van der Waals surface area contributed by atoms with E-state index in [0.29, 0.717) is 29.7 Å². The lowest BCUT2D eigenvalue weighted by Gasteiger charge is -2.34. The standard InChI is InChI=1S/C21H25N3O6S/c25-20(24-26)21(8-10-29-11-9-21)31(27,28)17-6-4-16(5-7-17)18-12-23-19(13-22-18)30-14-15-2-1-3-15/h4-7,12-13,15,26H,1-3,8-11,14H2,(H,24,25). The van der Waals surface area contributed by atoms with E-state index < -0.39 is 20.5 Å². The summed E-state index contributed by atoms with van der Waals surface area (Å²) in [5.41, 5.74) is 2.78. The molecule has 166 valence electrons. The maximum Gasteiger partial charge on any atom is 0.265 e. The zero-order chi connectivity index (χ0) is 21.9. The largest absolute Gasteiger partial charge is 0.476 e. The number of amides is 1. The molecular weight excluding hydrogens is 422 g/mol. The monoisotopic (exact) mass is 447 g/mol. The van der Waals surface area contributed by atoms with E-state index in [-0.39, 0.29) is 31.0 Å². The highest BCUT2D eigenvalue weighted by Crippen LogP contribution is 2.36. The number of hydrogen-bond acceptors (Lipinski definition) is 8. The Morgan fingerprint density at radius 1 is 1.16 bits per heavy atom. The molecule has 1 aliphatic carbocycles. The van der Waals surface area contributed by atoms with Gasteiger partial charge in [0, 0.05) is 18.8 Å². The number of benzene rings is 1. The van der Waals surface area contributed by atoms with Crippen molar-refractivity contribution in [2.45, 2.75) is 41.7 Å². The molecular formula is C21H25N3O6S.